The van der Waals surface area contributed by atoms with Crippen molar-refractivity contribution in [1.82, 2.24) is 21.2 Å². The Hall–Kier alpha value is -1.63. The number of hydrogen-bond acceptors (Lipinski definition) is 4. The monoisotopic (exact) mass is 251 g/mol. The maximum absolute atomic E-state index is 10.7. The molecular weight excluding hydrogens is 230 g/mol. The molecule has 1 aromatic rings. The van der Waals surface area contributed by atoms with Gasteiger partial charge in [-0.2, -0.15) is 0 Å². The van der Waals surface area contributed by atoms with Crippen LogP contribution in [0.1, 0.15) is 12.0 Å². The van der Waals surface area contributed by atoms with Crippen molar-refractivity contribution in [2.24, 2.45) is 5.84 Å². The van der Waals surface area contributed by atoms with Gasteiger partial charge in [0.25, 0.3) is 0 Å². The van der Waals surface area contributed by atoms with Crippen molar-refractivity contribution in [3.63, 3.8) is 0 Å². The van der Waals surface area contributed by atoms with Gasteiger partial charge in [-0.1, -0.05) is 30.3 Å². The van der Waals surface area contributed by atoms with Crippen molar-refractivity contribution in [2.45, 2.75) is 13.0 Å². The number of nitrogens with two attached hydrogens (primary N) is 1. The summed E-state index contributed by atoms with van der Waals surface area (Å²) in [4.78, 5) is 13.0. The summed E-state index contributed by atoms with van der Waals surface area (Å²) in [6, 6.07) is 9.89. The van der Waals surface area contributed by atoms with Gasteiger partial charge in [0.1, 0.15) is 0 Å². The van der Waals surface area contributed by atoms with E-state index in [1.807, 2.05) is 23.6 Å². The highest BCUT2D eigenvalue weighted by atomic mass is 16.2. The Morgan fingerprint density at radius 1 is 1.33 bits per heavy atom. The van der Waals surface area contributed by atoms with E-state index in [1.54, 1.807) is 0 Å². The molecular formula is C12H21N5O. The molecule has 0 saturated carbocycles. The Labute approximate surface area is 107 Å². The fourth-order valence-corrected chi connectivity index (χ4v) is 1.59. The molecule has 0 aliphatic heterocycles. The molecule has 6 nitrogen and oxygen atoms in total. The number of rotatable bonds is 7. The fourth-order valence-electron chi connectivity index (χ4n) is 1.59. The van der Waals surface area contributed by atoms with Crippen LogP contribution in [0.5, 0.6) is 0 Å². The van der Waals surface area contributed by atoms with Gasteiger partial charge in [-0.3, -0.25) is 10.9 Å². The van der Waals surface area contributed by atoms with Crippen molar-refractivity contribution in [1.29, 1.82) is 0 Å². The Bertz CT molecular complexity index is 344. The zero-order valence-corrected chi connectivity index (χ0v) is 10.6. The van der Waals surface area contributed by atoms with E-state index >= 15 is 0 Å². The van der Waals surface area contributed by atoms with Crippen molar-refractivity contribution in [3.05, 3.63) is 35.9 Å². The maximum atomic E-state index is 10.7. The third-order valence-electron chi connectivity index (χ3n) is 2.47. The maximum Gasteiger partial charge on any atom is 0.343 e. The van der Waals surface area contributed by atoms with E-state index in [2.05, 4.69) is 34.9 Å². The third-order valence-corrected chi connectivity index (χ3v) is 2.47. The summed E-state index contributed by atoms with van der Waals surface area (Å²) in [5.41, 5.74) is 8.47. The van der Waals surface area contributed by atoms with E-state index in [4.69, 9.17) is 5.84 Å². The second kappa shape index (κ2) is 8.46. The number of amides is 2. The summed E-state index contributed by atoms with van der Waals surface area (Å²) in [7, 11) is 2.08. The molecule has 0 saturated heterocycles. The molecule has 18 heavy (non-hydrogen) atoms. The van der Waals surface area contributed by atoms with Crippen LogP contribution in [0, 0.1) is 0 Å². The van der Waals surface area contributed by atoms with Gasteiger partial charge in [0.2, 0.25) is 0 Å². The van der Waals surface area contributed by atoms with Crippen LogP contribution in [-0.4, -0.2) is 31.1 Å². The zero-order chi connectivity index (χ0) is 13.2. The average molecular weight is 251 g/mol. The van der Waals surface area contributed by atoms with E-state index in [9.17, 15) is 4.79 Å². The first kappa shape index (κ1) is 14.4. The van der Waals surface area contributed by atoms with Crippen LogP contribution in [0.4, 0.5) is 4.79 Å². The number of benzene rings is 1. The summed E-state index contributed by atoms with van der Waals surface area (Å²) < 4.78 is 0. The second-order valence-corrected chi connectivity index (χ2v) is 4.10. The van der Waals surface area contributed by atoms with E-state index < -0.39 is 6.03 Å². The van der Waals surface area contributed by atoms with Gasteiger partial charge >= 0.3 is 6.03 Å². The predicted molar refractivity (Wildman–Crippen MR) is 71.3 cm³/mol. The van der Waals surface area contributed by atoms with Gasteiger partial charge < -0.3 is 4.90 Å². The summed E-state index contributed by atoms with van der Waals surface area (Å²) >= 11 is 0. The molecule has 0 aliphatic carbocycles. The minimum Gasteiger partial charge on any atom is -0.302 e. The minimum absolute atomic E-state index is 0.437. The molecule has 1 rings (SSSR count). The molecule has 6 heteroatoms. The number of carbonyl (C=O) groups excluding carboxylic acids is 1. The summed E-state index contributed by atoms with van der Waals surface area (Å²) in [5, 5.41) is 0. The number of hydrogen-bond donors (Lipinski definition) is 4. The standard InChI is InChI=1S/C12H21N5O/c1-17(10-11-6-3-2-4-7-11)9-5-8-14-16-12(18)15-13/h2-4,6-7,14H,5,8-10,13H2,1H3,(H2,15,16,18). The number of carbonyl (C=O) groups is 1. The van der Waals surface area contributed by atoms with Crippen molar-refractivity contribution in [3.8, 4) is 0 Å². The molecule has 0 heterocycles. The Morgan fingerprint density at radius 2 is 2.06 bits per heavy atom. The topological polar surface area (TPSA) is 82.4 Å². The Morgan fingerprint density at radius 3 is 2.72 bits per heavy atom. The molecule has 100 valence electrons. The van der Waals surface area contributed by atoms with Crippen molar-refractivity contribution < 1.29 is 4.79 Å². The lowest BCUT2D eigenvalue weighted by Crippen LogP contribution is -2.47. The van der Waals surface area contributed by atoms with Gasteiger partial charge in [-0.25, -0.2) is 16.1 Å². The summed E-state index contributed by atoms with van der Waals surface area (Å²) in [5.74, 6) is 4.91. The molecule has 0 radical (unpaired) electrons. The lowest BCUT2D eigenvalue weighted by atomic mass is 10.2. The Balaban J connectivity index is 2.07. The van der Waals surface area contributed by atoms with Gasteiger partial charge in [-0.15, -0.1) is 0 Å². The second-order valence-electron chi connectivity index (χ2n) is 4.10. The third kappa shape index (κ3) is 6.19. The molecule has 5 N–H and O–H groups in total. The fraction of sp³-hybridized carbons (Fsp3) is 0.417. The molecule has 0 aliphatic rings. The van der Waals surface area contributed by atoms with Gasteiger partial charge in [0.15, 0.2) is 0 Å². The Kier molecular flexibility index (Phi) is 6.78. The van der Waals surface area contributed by atoms with Crippen LogP contribution in [0.25, 0.3) is 0 Å². The normalized spacial score (nSPS) is 10.4. The number of nitrogens with one attached hydrogen (secondary N) is 3. The largest absolute Gasteiger partial charge is 0.343 e. The lowest BCUT2D eigenvalue weighted by molar-refractivity contribution is 0.236. The highest BCUT2D eigenvalue weighted by molar-refractivity contribution is 5.72. The highest BCUT2D eigenvalue weighted by Gasteiger charge is 2.00. The summed E-state index contributed by atoms with van der Waals surface area (Å²) in [6.07, 6.45) is 0.939. The SMILES string of the molecule is CN(CCCNNC(=O)NN)Cc1ccccc1. The van der Waals surface area contributed by atoms with Crippen LogP contribution in [-0.2, 0) is 6.54 Å². The van der Waals surface area contributed by atoms with Crippen LogP contribution in [0.2, 0.25) is 0 Å². The lowest BCUT2D eigenvalue weighted by Gasteiger charge is -2.16. The molecule has 2 amide bonds. The molecule has 0 unspecified atom stereocenters. The van der Waals surface area contributed by atoms with Crippen molar-refractivity contribution >= 4 is 6.03 Å². The van der Waals surface area contributed by atoms with Crippen LogP contribution < -0.4 is 22.1 Å². The predicted octanol–water partition coefficient (Wildman–Crippen LogP) is 0.186. The van der Waals surface area contributed by atoms with E-state index in [0.29, 0.717) is 6.54 Å². The van der Waals surface area contributed by atoms with E-state index in [-0.39, 0.29) is 0 Å². The first-order valence-electron chi connectivity index (χ1n) is 5.94. The molecule has 0 bridgehead atoms. The molecule has 0 aromatic heterocycles. The van der Waals surface area contributed by atoms with Crippen LogP contribution >= 0.6 is 0 Å². The van der Waals surface area contributed by atoms with Gasteiger partial charge in [-0.05, 0) is 25.6 Å². The molecule has 0 atom stereocenters. The first-order chi connectivity index (χ1) is 8.72. The molecule has 0 fully saturated rings. The highest BCUT2D eigenvalue weighted by Crippen LogP contribution is 2.02. The molecule has 0 spiro atoms. The summed E-state index contributed by atoms with van der Waals surface area (Å²) in [6.45, 7) is 2.58. The zero-order valence-electron chi connectivity index (χ0n) is 10.6. The first-order valence-corrected chi connectivity index (χ1v) is 5.94. The van der Waals surface area contributed by atoms with Crippen LogP contribution in [0.3, 0.4) is 0 Å². The van der Waals surface area contributed by atoms with Gasteiger partial charge in [0, 0.05) is 13.1 Å². The van der Waals surface area contributed by atoms with Crippen molar-refractivity contribution in [2.75, 3.05) is 20.1 Å². The quantitative estimate of drug-likeness (QED) is 0.241. The number of hydrazine groups is 2. The smallest absolute Gasteiger partial charge is 0.302 e. The molecule has 1 aromatic carbocycles. The van der Waals surface area contributed by atoms with Crippen LogP contribution in [0.15, 0.2) is 30.3 Å². The number of nitrogens with zero attached hydrogens (tertiary/aromatic N) is 1. The number of urea groups is 1. The average Bonchev–Trinajstić information content (AvgIpc) is 2.39. The van der Waals surface area contributed by atoms with E-state index in [0.717, 1.165) is 19.5 Å². The van der Waals surface area contributed by atoms with Gasteiger partial charge in [0.05, 0.1) is 0 Å². The van der Waals surface area contributed by atoms with E-state index in [1.165, 1.54) is 5.56 Å². The minimum atomic E-state index is -0.437.